The van der Waals surface area contributed by atoms with Crippen LogP contribution in [0.25, 0.3) is 0 Å². The molecule has 0 aliphatic heterocycles. The van der Waals surface area contributed by atoms with E-state index in [0.717, 1.165) is 48.5 Å². The molecule has 0 spiro atoms. The van der Waals surface area contributed by atoms with Gasteiger partial charge in [0.25, 0.3) is 0 Å². The van der Waals surface area contributed by atoms with E-state index in [1.54, 1.807) is 17.5 Å². The number of thiophene rings is 1. The average molecular weight is 393 g/mol. The zero-order valence-corrected chi connectivity index (χ0v) is 16.1. The molecule has 0 aromatic carbocycles. The van der Waals surface area contributed by atoms with Crippen LogP contribution >= 0.6 is 35.3 Å². The fourth-order valence-electron chi connectivity index (χ4n) is 2.21. The Morgan fingerprint density at radius 1 is 1.20 bits per heavy atom. The molecule has 0 saturated carbocycles. The van der Waals surface area contributed by atoms with E-state index in [-0.39, 0.29) is 0 Å². The molecule has 0 amide bonds. The summed E-state index contributed by atoms with van der Waals surface area (Å²) in [5, 5.41) is 8.75. The maximum Gasteiger partial charge on any atom is 0.198 e. The molecule has 8 heteroatoms. The van der Waals surface area contributed by atoms with Crippen LogP contribution in [0.1, 0.15) is 16.4 Å². The second-order valence-electron chi connectivity index (χ2n) is 5.31. The summed E-state index contributed by atoms with van der Waals surface area (Å²) >= 11 is 8.58. The molecule has 0 saturated heterocycles. The van der Waals surface area contributed by atoms with Gasteiger partial charge in [0.1, 0.15) is 17.3 Å². The molecule has 3 aromatic heterocycles. The van der Waals surface area contributed by atoms with E-state index in [9.17, 15) is 0 Å². The van der Waals surface area contributed by atoms with Crippen LogP contribution in [-0.4, -0.2) is 22.3 Å². The zero-order valence-electron chi connectivity index (χ0n) is 13.7. The minimum Gasteiger partial charge on any atom is -0.464 e. The third kappa shape index (κ3) is 6.32. The largest absolute Gasteiger partial charge is 0.464 e. The second kappa shape index (κ2) is 9.76. The Morgan fingerprint density at radius 3 is 2.96 bits per heavy atom. The molecule has 25 heavy (non-hydrogen) atoms. The van der Waals surface area contributed by atoms with Gasteiger partial charge in [-0.05, 0) is 41.9 Å². The molecule has 0 bridgehead atoms. The van der Waals surface area contributed by atoms with Gasteiger partial charge >= 0.3 is 0 Å². The summed E-state index contributed by atoms with van der Waals surface area (Å²) in [6, 6.07) is 10.2. The van der Waals surface area contributed by atoms with Crippen LogP contribution in [0.4, 0.5) is 5.82 Å². The number of H-pyrrole nitrogens is 1. The average Bonchev–Trinajstić information content (AvgIpc) is 3.27. The van der Waals surface area contributed by atoms with Crippen molar-refractivity contribution in [1.82, 2.24) is 15.3 Å². The molecule has 0 fully saturated rings. The monoisotopic (exact) mass is 392 g/mol. The van der Waals surface area contributed by atoms with Gasteiger partial charge in [-0.3, -0.25) is 0 Å². The number of hydrogen-bond donors (Lipinski definition) is 3. The third-order valence-electron chi connectivity index (χ3n) is 3.36. The van der Waals surface area contributed by atoms with Crippen molar-refractivity contribution >= 4 is 41.1 Å². The molecule has 0 radical (unpaired) electrons. The van der Waals surface area contributed by atoms with Gasteiger partial charge in [0, 0.05) is 29.9 Å². The van der Waals surface area contributed by atoms with E-state index in [1.807, 2.05) is 23.9 Å². The smallest absolute Gasteiger partial charge is 0.198 e. The van der Waals surface area contributed by atoms with E-state index in [2.05, 4.69) is 44.2 Å². The Morgan fingerprint density at radius 2 is 2.12 bits per heavy atom. The summed E-state index contributed by atoms with van der Waals surface area (Å²) < 4.78 is 6.35. The lowest BCUT2D eigenvalue weighted by atomic mass is 10.4. The number of rotatable bonds is 10. The van der Waals surface area contributed by atoms with Crippen LogP contribution < -0.4 is 10.6 Å². The van der Waals surface area contributed by atoms with E-state index in [0.29, 0.717) is 4.77 Å². The lowest BCUT2D eigenvalue weighted by Gasteiger charge is -2.04. The summed E-state index contributed by atoms with van der Waals surface area (Å²) in [5.74, 6) is 4.64. The molecular formula is C17H20N4OS3. The van der Waals surface area contributed by atoms with Crippen molar-refractivity contribution in [3.63, 3.8) is 0 Å². The summed E-state index contributed by atoms with van der Waals surface area (Å²) in [7, 11) is 0. The lowest BCUT2D eigenvalue weighted by molar-refractivity contribution is 0.460. The maximum absolute atomic E-state index is 5.85. The van der Waals surface area contributed by atoms with Gasteiger partial charge in [-0.15, -0.1) is 11.3 Å². The van der Waals surface area contributed by atoms with E-state index in [4.69, 9.17) is 16.6 Å². The number of aromatic nitrogens is 2. The van der Waals surface area contributed by atoms with Crippen molar-refractivity contribution in [2.24, 2.45) is 0 Å². The van der Waals surface area contributed by atoms with Crippen LogP contribution in [0, 0.1) is 4.77 Å². The molecule has 0 aliphatic carbocycles. The Bertz CT molecular complexity index is 813. The highest BCUT2D eigenvalue weighted by Gasteiger charge is 2.03. The van der Waals surface area contributed by atoms with Crippen LogP contribution in [0.15, 0.2) is 46.3 Å². The summed E-state index contributed by atoms with van der Waals surface area (Å²) in [6.45, 7) is 2.47. The van der Waals surface area contributed by atoms with Gasteiger partial charge in [-0.1, -0.05) is 6.07 Å². The van der Waals surface area contributed by atoms with E-state index in [1.165, 1.54) is 4.88 Å². The van der Waals surface area contributed by atoms with Gasteiger partial charge in [-0.2, -0.15) is 11.8 Å². The molecule has 132 valence electrons. The number of nitrogens with one attached hydrogen (secondary N) is 3. The third-order valence-corrected chi connectivity index (χ3v) is 5.43. The van der Waals surface area contributed by atoms with Crippen LogP contribution in [0.5, 0.6) is 0 Å². The normalized spacial score (nSPS) is 10.9. The van der Waals surface area contributed by atoms with Gasteiger partial charge in [0.2, 0.25) is 0 Å². The fraction of sp³-hybridized carbons (Fsp3) is 0.294. The number of aromatic amines is 1. The van der Waals surface area contributed by atoms with E-state index >= 15 is 0 Å². The number of furan rings is 1. The highest BCUT2D eigenvalue weighted by Crippen LogP contribution is 2.16. The molecule has 3 aromatic rings. The van der Waals surface area contributed by atoms with Crippen molar-refractivity contribution in [2.75, 3.05) is 17.6 Å². The van der Waals surface area contributed by atoms with Gasteiger partial charge < -0.3 is 20.0 Å². The Balaban J connectivity index is 1.31. The zero-order chi connectivity index (χ0) is 17.3. The predicted molar refractivity (Wildman–Crippen MR) is 108 cm³/mol. The first-order chi connectivity index (χ1) is 12.3. The molecule has 0 aliphatic rings. The van der Waals surface area contributed by atoms with Crippen molar-refractivity contribution in [3.8, 4) is 0 Å². The van der Waals surface area contributed by atoms with Gasteiger partial charge in [-0.25, -0.2) is 4.98 Å². The molecule has 3 N–H and O–H groups in total. The van der Waals surface area contributed by atoms with Gasteiger partial charge in [0.05, 0.1) is 12.3 Å². The molecular weight excluding hydrogens is 372 g/mol. The highest BCUT2D eigenvalue weighted by molar-refractivity contribution is 7.98. The van der Waals surface area contributed by atoms with Gasteiger partial charge in [0.15, 0.2) is 4.77 Å². The summed E-state index contributed by atoms with van der Waals surface area (Å²) in [5.41, 5.74) is 0. The highest BCUT2D eigenvalue weighted by atomic mass is 32.2. The number of anilines is 1. The molecule has 3 rings (SSSR count). The molecule has 3 heterocycles. The number of hydrogen-bond acceptors (Lipinski definition) is 7. The van der Waals surface area contributed by atoms with Crippen molar-refractivity contribution in [1.29, 1.82) is 0 Å². The minimum atomic E-state index is 0.494. The van der Waals surface area contributed by atoms with E-state index < -0.39 is 0 Å². The maximum atomic E-state index is 5.85. The fourth-order valence-corrected chi connectivity index (χ4v) is 3.80. The quantitative estimate of drug-likeness (QED) is 0.350. The van der Waals surface area contributed by atoms with Crippen LogP contribution in [0.2, 0.25) is 0 Å². The molecule has 5 nitrogen and oxygen atoms in total. The van der Waals surface area contributed by atoms with Crippen molar-refractivity contribution < 1.29 is 4.42 Å². The van der Waals surface area contributed by atoms with Crippen LogP contribution in [-0.2, 0) is 18.8 Å². The summed E-state index contributed by atoms with van der Waals surface area (Å²) in [4.78, 5) is 8.39. The summed E-state index contributed by atoms with van der Waals surface area (Å²) in [6.07, 6.45) is 1.79. The Kier molecular flexibility index (Phi) is 7.10. The number of nitrogens with zero attached hydrogens (tertiary/aromatic N) is 1. The SMILES string of the molecule is S=c1nc(NCCSCc2ccc(CNCc3cccs3)o2)cc[nH]1. The molecule has 0 atom stereocenters. The second-order valence-corrected chi connectivity index (χ2v) is 7.83. The predicted octanol–water partition coefficient (Wildman–Crippen LogP) is 4.43. The standard InChI is InChI=1S/C17H20N4OS3/c23-17-20-6-5-16(21-17)19-7-9-24-12-14-4-3-13(22-14)10-18-11-15-2-1-8-25-15/h1-6,8,18H,7,9-12H2,(H2,19,20,21,23). The first kappa shape index (κ1) is 18.2. The topological polar surface area (TPSA) is 65.9 Å². The molecule has 0 unspecified atom stereocenters. The Hall–Kier alpha value is -1.61. The lowest BCUT2D eigenvalue weighted by Crippen LogP contribution is -2.10. The van der Waals surface area contributed by atoms with Crippen molar-refractivity contribution in [3.05, 3.63) is 63.1 Å². The Labute approximate surface area is 160 Å². The van der Waals surface area contributed by atoms with Crippen molar-refractivity contribution in [2.45, 2.75) is 18.8 Å². The number of thioether (sulfide) groups is 1. The first-order valence-corrected chi connectivity index (χ1v) is 10.4. The minimum absolute atomic E-state index is 0.494. The van der Waals surface area contributed by atoms with Crippen LogP contribution in [0.3, 0.4) is 0 Å². The first-order valence-electron chi connectivity index (χ1n) is 7.97.